The molecule has 0 aliphatic heterocycles. The Morgan fingerprint density at radius 2 is 1.76 bits per heavy atom. The molecule has 1 N–H and O–H groups in total. The highest BCUT2D eigenvalue weighted by Crippen LogP contribution is 2.26. The molecule has 0 heterocycles. The van der Waals surface area contributed by atoms with Crippen LogP contribution in [-0.2, 0) is 0 Å². The summed E-state index contributed by atoms with van der Waals surface area (Å²) >= 11 is 1.80. The van der Waals surface area contributed by atoms with Crippen LogP contribution in [0.5, 0.6) is 0 Å². The lowest BCUT2D eigenvalue weighted by molar-refractivity contribution is -0.135. The van der Waals surface area contributed by atoms with Crippen LogP contribution in [0, 0.1) is 0 Å². The lowest BCUT2D eigenvalue weighted by atomic mass is 10.1. The van der Waals surface area contributed by atoms with Gasteiger partial charge in [-0.2, -0.15) is 24.9 Å². The molecule has 0 aromatic carbocycles. The van der Waals surface area contributed by atoms with E-state index in [0.29, 0.717) is 6.42 Å². The first kappa shape index (κ1) is 17.1. The summed E-state index contributed by atoms with van der Waals surface area (Å²) < 4.78 is 36.3. The van der Waals surface area contributed by atoms with Crippen molar-refractivity contribution in [2.45, 2.75) is 63.9 Å². The third-order valence-corrected chi connectivity index (χ3v) is 3.66. The predicted molar refractivity (Wildman–Crippen MR) is 69.6 cm³/mol. The van der Waals surface area contributed by atoms with Gasteiger partial charge in [-0.3, -0.25) is 0 Å². The highest BCUT2D eigenvalue weighted by Gasteiger charge is 2.26. The van der Waals surface area contributed by atoms with E-state index in [1.807, 2.05) is 6.92 Å². The molecule has 5 heteroatoms. The van der Waals surface area contributed by atoms with E-state index in [1.165, 1.54) is 0 Å². The normalized spacial score (nSPS) is 15.0. The van der Waals surface area contributed by atoms with Gasteiger partial charge in [0.05, 0.1) is 0 Å². The van der Waals surface area contributed by atoms with Crippen molar-refractivity contribution >= 4 is 11.8 Å². The van der Waals surface area contributed by atoms with Crippen LogP contribution in [0.3, 0.4) is 0 Å². The Morgan fingerprint density at radius 3 is 2.18 bits per heavy atom. The Morgan fingerprint density at radius 1 is 1.18 bits per heavy atom. The summed E-state index contributed by atoms with van der Waals surface area (Å²) in [6.45, 7) is 9.16. The molecule has 0 aliphatic rings. The van der Waals surface area contributed by atoms with Gasteiger partial charge in [0.25, 0.3) is 0 Å². The molecule has 0 rings (SSSR count). The Kier molecular flexibility index (Phi) is 7.56. The minimum atomic E-state index is -4.02. The molecular formula is C12H24F3NS. The molecule has 0 aliphatic carbocycles. The topological polar surface area (TPSA) is 12.0 Å². The molecule has 17 heavy (non-hydrogen) atoms. The fourth-order valence-electron chi connectivity index (χ4n) is 1.43. The predicted octanol–water partition coefficient (Wildman–Crippen LogP) is 4.23. The van der Waals surface area contributed by atoms with Gasteiger partial charge in [-0.25, -0.2) is 0 Å². The minimum absolute atomic E-state index is 0.164. The molecule has 0 aromatic heterocycles. The Hall–Kier alpha value is 0.100. The van der Waals surface area contributed by atoms with Crippen LogP contribution in [0.4, 0.5) is 13.2 Å². The first-order chi connectivity index (χ1) is 7.64. The summed E-state index contributed by atoms with van der Waals surface area (Å²) in [6.07, 6.45) is -3.88. The fraction of sp³-hybridized carbons (Fsp3) is 1.00. The van der Waals surface area contributed by atoms with Gasteiger partial charge < -0.3 is 5.32 Å². The van der Waals surface area contributed by atoms with Gasteiger partial charge in [0, 0.05) is 23.0 Å². The summed E-state index contributed by atoms with van der Waals surface area (Å²) in [5, 5.41) is 3.25. The number of thioether (sulfide) groups is 1. The summed E-state index contributed by atoms with van der Waals surface area (Å²) in [5.74, 6) is 0.870. The maximum absolute atomic E-state index is 12.0. The zero-order valence-corrected chi connectivity index (χ0v) is 12.0. The molecule has 0 radical (unpaired) electrons. The van der Waals surface area contributed by atoms with E-state index in [0.717, 1.165) is 12.3 Å². The van der Waals surface area contributed by atoms with Crippen molar-refractivity contribution in [2.24, 2.45) is 0 Å². The molecule has 0 saturated carbocycles. The highest BCUT2D eigenvalue weighted by atomic mass is 32.2. The van der Waals surface area contributed by atoms with Gasteiger partial charge >= 0.3 is 6.18 Å². The van der Waals surface area contributed by atoms with E-state index >= 15 is 0 Å². The number of hydrogen-bond acceptors (Lipinski definition) is 2. The van der Waals surface area contributed by atoms with Crippen molar-refractivity contribution in [1.82, 2.24) is 5.32 Å². The van der Waals surface area contributed by atoms with E-state index in [2.05, 4.69) is 26.1 Å². The fourth-order valence-corrected chi connectivity index (χ4v) is 2.42. The van der Waals surface area contributed by atoms with Gasteiger partial charge in [-0.15, -0.1) is 0 Å². The zero-order chi connectivity index (χ0) is 13.5. The van der Waals surface area contributed by atoms with Crippen LogP contribution < -0.4 is 5.32 Å². The maximum atomic E-state index is 12.0. The van der Waals surface area contributed by atoms with E-state index in [9.17, 15) is 13.2 Å². The molecule has 1 atom stereocenters. The number of hydrogen-bond donors (Lipinski definition) is 1. The molecule has 1 unspecified atom stereocenters. The minimum Gasteiger partial charge on any atom is -0.313 e. The first-order valence-corrected chi connectivity index (χ1v) is 7.06. The average molecular weight is 271 g/mol. The molecule has 0 saturated heterocycles. The van der Waals surface area contributed by atoms with Crippen molar-refractivity contribution in [1.29, 1.82) is 0 Å². The summed E-state index contributed by atoms with van der Waals surface area (Å²) in [7, 11) is 0. The van der Waals surface area contributed by atoms with E-state index in [-0.39, 0.29) is 17.2 Å². The molecule has 0 fully saturated rings. The van der Waals surface area contributed by atoms with Crippen LogP contribution in [-0.4, -0.2) is 29.3 Å². The number of rotatable bonds is 7. The maximum Gasteiger partial charge on any atom is 0.389 e. The van der Waals surface area contributed by atoms with Crippen LogP contribution in [0.15, 0.2) is 0 Å². The van der Waals surface area contributed by atoms with E-state index in [1.54, 1.807) is 11.8 Å². The summed E-state index contributed by atoms with van der Waals surface area (Å²) in [5.41, 5.74) is 0. The number of alkyl halides is 3. The standard InChI is InChI=1S/C12H24F3NS/c1-5-16-10(9-17-11(2,3)4)7-6-8-12(13,14)15/h10,16H,5-9H2,1-4H3. The van der Waals surface area contributed by atoms with Crippen LogP contribution in [0.1, 0.15) is 47.0 Å². The molecule has 104 valence electrons. The third-order valence-electron chi connectivity index (χ3n) is 2.22. The SMILES string of the molecule is CCNC(CCCC(F)(F)F)CSC(C)(C)C. The second kappa shape index (κ2) is 7.52. The van der Waals surface area contributed by atoms with Gasteiger partial charge in [-0.05, 0) is 19.4 Å². The Bertz CT molecular complexity index is 199. The second-order valence-electron chi connectivity index (χ2n) is 5.19. The Balaban J connectivity index is 3.90. The quantitative estimate of drug-likeness (QED) is 0.743. The second-order valence-corrected chi connectivity index (χ2v) is 7.03. The van der Waals surface area contributed by atoms with E-state index in [4.69, 9.17) is 0 Å². The first-order valence-electron chi connectivity index (χ1n) is 6.08. The molecule has 0 amide bonds. The number of halogens is 3. The molecule has 0 spiro atoms. The van der Waals surface area contributed by atoms with Gasteiger partial charge in [-0.1, -0.05) is 27.7 Å². The van der Waals surface area contributed by atoms with Crippen molar-refractivity contribution in [3.8, 4) is 0 Å². The van der Waals surface area contributed by atoms with Gasteiger partial charge in [0.2, 0.25) is 0 Å². The van der Waals surface area contributed by atoms with Gasteiger partial charge in [0.15, 0.2) is 0 Å². The van der Waals surface area contributed by atoms with Gasteiger partial charge in [0.1, 0.15) is 0 Å². The molecule has 1 nitrogen and oxygen atoms in total. The number of nitrogens with one attached hydrogen (secondary N) is 1. The van der Waals surface area contributed by atoms with Crippen molar-refractivity contribution in [3.05, 3.63) is 0 Å². The lowest BCUT2D eigenvalue weighted by Gasteiger charge is -2.23. The molecule has 0 bridgehead atoms. The van der Waals surface area contributed by atoms with Crippen LogP contribution in [0.2, 0.25) is 0 Å². The van der Waals surface area contributed by atoms with Crippen LogP contribution >= 0.6 is 11.8 Å². The average Bonchev–Trinajstić information content (AvgIpc) is 2.11. The monoisotopic (exact) mass is 271 g/mol. The highest BCUT2D eigenvalue weighted by molar-refractivity contribution is 8.00. The lowest BCUT2D eigenvalue weighted by Crippen LogP contribution is -2.32. The third kappa shape index (κ3) is 12.3. The molecule has 0 aromatic rings. The summed E-state index contributed by atoms with van der Waals surface area (Å²) in [4.78, 5) is 0. The van der Waals surface area contributed by atoms with Crippen molar-refractivity contribution in [3.63, 3.8) is 0 Å². The molecular weight excluding hydrogens is 247 g/mol. The largest absolute Gasteiger partial charge is 0.389 e. The van der Waals surface area contributed by atoms with Crippen molar-refractivity contribution in [2.75, 3.05) is 12.3 Å². The Labute approximate surface area is 107 Å². The van der Waals surface area contributed by atoms with Crippen LogP contribution in [0.25, 0.3) is 0 Å². The summed E-state index contributed by atoms with van der Waals surface area (Å²) in [6, 6.07) is 0.187. The van der Waals surface area contributed by atoms with Crippen molar-refractivity contribution < 1.29 is 13.2 Å². The zero-order valence-electron chi connectivity index (χ0n) is 11.2. The van der Waals surface area contributed by atoms with E-state index < -0.39 is 12.6 Å². The smallest absolute Gasteiger partial charge is 0.313 e.